The van der Waals surface area contributed by atoms with Crippen molar-refractivity contribution in [1.82, 2.24) is 15.0 Å². The van der Waals surface area contributed by atoms with E-state index in [1.54, 1.807) is 0 Å². The fraction of sp³-hybridized carbons (Fsp3) is 0. The molecule has 3 heterocycles. The molecule has 0 aliphatic carbocycles. The molecule has 5 heteroatoms. The molecule has 9 aromatic carbocycles. The highest BCUT2D eigenvalue weighted by Crippen LogP contribution is 2.41. The van der Waals surface area contributed by atoms with Crippen LogP contribution in [0.4, 0.5) is 0 Å². The molecule has 0 saturated carbocycles. The van der Waals surface area contributed by atoms with Crippen LogP contribution in [0.3, 0.4) is 0 Å². The molecule has 0 N–H and O–H groups in total. The van der Waals surface area contributed by atoms with Crippen LogP contribution in [0.5, 0.6) is 0 Å². The molecular weight excluding hydrogens is 687 g/mol. The SMILES string of the molecule is [2H]c1cc(-c2ccc3c4ccccc4c4ccccc4c3c2)cc2c1oc1cccc(-c3nc(-c4ccccc4)nc(-c4cccc5c4oc4ccccc45)n3)c12. The summed E-state index contributed by atoms with van der Waals surface area (Å²) < 4.78 is 22.1. The van der Waals surface area contributed by atoms with E-state index in [0.29, 0.717) is 34.7 Å². The molecule has 0 aliphatic heterocycles. The minimum Gasteiger partial charge on any atom is -0.456 e. The van der Waals surface area contributed by atoms with Crippen molar-refractivity contribution in [2.75, 3.05) is 0 Å². The Morgan fingerprint density at radius 3 is 1.68 bits per heavy atom. The van der Waals surface area contributed by atoms with E-state index in [1.807, 2.05) is 84.9 Å². The highest BCUT2D eigenvalue weighted by Gasteiger charge is 2.21. The average Bonchev–Trinajstić information content (AvgIpc) is 3.86. The quantitative estimate of drug-likeness (QED) is 0.170. The van der Waals surface area contributed by atoms with Crippen molar-refractivity contribution in [2.24, 2.45) is 0 Å². The topological polar surface area (TPSA) is 65.0 Å². The predicted octanol–water partition coefficient (Wildman–Crippen LogP) is 13.8. The van der Waals surface area contributed by atoms with Gasteiger partial charge in [0, 0.05) is 32.7 Å². The van der Waals surface area contributed by atoms with Gasteiger partial charge in [-0.05, 0) is 79.8 Å². The van der Waals surface area contributed by atoms with Crippen LogP contribution >= 0.6 is 0 Å². The fourth-order valence-corrected chi connectivity index (χ4v) is 8.45. The monoisotopic (exact) mass is 716 g/mol. The summed E-state index contributed by atoms with van der Waals surface area (Å²) in [6, 6.07) is 58.2. The van der Waals surface area contributed by atoms with Crippen molar-refractivity contribution in [2.45, 2.75) is 0 Å². The van der Waals surface area contributed by atoms with Gasteiger partial charge in [0.2, 0.25) is 0 Å². The number of furan rings is 2. The summed E-state index contributed by atoms with van der Waals surface area (Å²) in [7, 11) is 0. The van der Waals surface area contributed by atoms with Gasteiger partial charge in [-0.2, -0.15) is 0 Å². The van der Waals surface area contributed by atoms with E-state index in [1.165, 1.54) is 32.3 Å². The van der Waals surface area contributed by atoms with Crippen molar-refractivity contribution in [3.05, 3.63) is 176 Å². The second-order valence-electron chi connectivity index (χ2n) is 14.2. The summed E-state index contributed by atoms with van der Waals surface area (Å²) in [6.45, 7) is 0. The predicted molar refractivity (Wildman–Crippen MR) is 229 cm³/mol. The standard InChI is InChI=1S/C51H29N3O2/c1-2-12-30(13-3-1)49-52-50(54-51(53-49)41-21-10-19-39-38-18-8-9-22-44(38)56-48(39)41)40-20-11-23-46-47(40)43-29-32(25-27-45(43)55-46)31-24-26-37-35-16-5-4-14-33(35)34-15-6-7-17-36(34)42(37)28-31/h1-29H/i27D. The molecule has 3 aromatic heterocycles. The molecule has 0 atom stereocenters. The highest BCUT2D eigenvalue weighted by molar-refractivity contribution is 6.26. The third-order valence-corrected chi connectivity index (χ3v) is 11.0. The number of hydrogen-bond acceptors (Lipinski definition) is 5. The van der Waals surface area contributed by atoms with Gasteiger partial charge in [0.1, 0.15) is 22.3 Å². The van der Waals surface area contributed by atoms with Gasteiger partial charge in [-0.15, -0.1) is 0 Å². The second kappa shape index (κ2) is 11.9. The molecule has 0 radical (unpaired) electrons. The number of fused-ring (bicyclic) bond motifs is 12. The van der Waals surface area contributed by atoms with Gasteiger partial charge in [-0.25, -0.2) is 15.0 Å². The van der Waals surface area contributed by atoms with Gasteiger partial charge in [-0.1, -0.05) is 140 Å². The first-order valence-electron chi connectivity index (χ1n) is 19.2. The lowest BCUT2D eigenvalue weighted by atomic mass is 9.92. The zero-order valence-corrected chi connectivity index (χ0v) is 29.8. The lowest BCUT2D eigenvalue weighted by molar-refractivity contribution is 0.668. The number of benzene rings is 9. The van der Waals surface area contributed by atoms with Crippen LogP contribution in [-0.4, -0.2) is 15.0 Å². The molecule has 0 spiro atoms. The maximum atomic E-state index is 9.23. The summed E-state index contributed by atoms with van der Waals surface area (Å²) in [5, 5.41) is 11.0. The molecule has 0 fully saturated rings. The van der Waals surface area contributed by atoms with Gasteiger partial charge in [0.05, 0.1) is 6.93 Å². The highest BCUT2D eigenvalue weighted by atomic mass is 16.3. The summed E-state index contributed by atoms with van der Waals surface area (Å²) in [6.07, 6.45) is 0. The Morgan fingerprint density at radius 2 is 0.893 bits per heavy atom. The number of rotatable bonds is 4. The molecule has 56 heavy (non-hydrogen) atoms. The van der Waals surface area contributed by atoms with Gasteiger partial charge >= 0.3 is 0 Å². The zero-order chi connectivity index (χ0) is 37.6. The summed E-state index contributed by atoms with van der Waals surface area (Å²) in [5.41, 5.74) is 7.10. The molecule has 0 saturated heterocycles. The number of hydrogen-bond donors (Lipinski definition) is 0. The van der Waals surface area contributed by atoms with Gasteiger partial charge in [-0.3, -0.25) is 0 Å². The zero-order valence-electron chi connectivity index (χ0n) is 30.8. The molecule has 0 bridgehead atoms. The van der Waals surface area contributed by atoms with Crippen LogP contribution in [0.15, 0.2) is 185 Å². The Kier molecular flexibility index (Phi) is 6.35. The lowest BCUT2D eigenvalue weighted by Crippen LogP contribution is -2.00. The van der Waals surface area contributed by atoms with Crippen LogP contribution < -0.4 is 0 Å². The first kappa shape index (κ1) is 29.8. The molecule has 12 rings (SSSR count). The number of nitrogens with zero attached hydrogens (tertiary/aromatic N) is 3. The van der Waals surface area contributed by atoms with Crippen molar-refractivity contribution in [1.29, 1.82) is 0 Å². The minimum absolute atomic E-state index is 0.311. The van der Waals surface area contributed by atoms with Crippen LogP contribution in [0.25, 0.3) is 121 Å². The molecule has 0 aliphatic rings. The van der Waals surface area contributed by atoms with Crippen molar-refractivity contribution in [3.63, 3.8) is 0 Å². The van der Waals surface area contributed by atoms with Crippen LogP contribution in [0, 0.1) is 0 Å². The van der Waals surface area contributed by atoms with E-state index < -0.39 is 0 Å². The summed E-state index contributed by atoms with van der Waals surface area (Å²) >= 11 is 0. The maximum absolute atomic E-state index is 9.23. The molecule has 260 valence electrons. The normalized spacial score (nSPS) is 12.2. The molecule has 12 aromatic rings. The summed E-state index contributed by atoms with van der Waals surface area (Å²) in [4.78, 5) is 15.3. The second-order valence-corrected chi connectivity index (χ2v) is 14.2. The first-order chi connectivity index (χ1) is 28.2. The maximum Gasteiger partial charge on any atom is 0.167 e. The average molecular weight is 717 g/mol. The minimum atomic E-state index is 0.311. The Labute approximate surface area is 321 Å². The van der Waals surface area contributed by atoms with E-state index in [0.717, 1.165) is 60.5 Å². The molecule has 5 nitrogen and oxygen atoms in total. The van der Waals surface area contributed by atoms with E-state index in [4.69, 9.17) is 23.8 Å². The van der Waals surface area contributed by atoms with Crippen LogP contribution in [0.1, 0.15) is 1.37 Å². The number of aromatic nitrogens is 3. The molecular formula is C51H29N3O2. The molecule has 0 amide bonds. The van der Waals surface area contributed by atoms with Crippen molar-refractivity contribution in [3.8, 4) is 45.3 Å². The lowest BCUT2D eigenvalue weighted by Gasteiger charge is -2.12. The largest absolute Gasteiger partial charge is 0.456 e. The fourth-order valence-electron chi connectivity index (χ4n) is 8.45. The van der Waals surface area contributed by atoms with E-state index >= 15 is 0 Å². The molecule has 0 unspecified atom stereocenters. The van der Waals surface area contributed by atoms with Gasteiger partial charge in [0.15, 0.2) is 17.5 Å². The third kappa shape index (κ3) is 4.64. The number of para-hydroxylation sites is 2. The van der Waals surface area contributed by atoms with E-state index in [-0.39, 0.29) is 0 Å². The van der Waals surface area contributed by atoms with Crippen molar-refractivity contribution < 1.29 is 10.2 Å². The Balaban J connectivity index is 1.09. The van der Waals surface area contributed by atoms with E-state index in [2.05, 4.69) is 84.9 Å². The summed E-state index contributed by atoms with van der Waals surface area (Å²) in [5.74, 6) is 1.55. The third-order valence-electron chi connectivity index (χ3n) is 11.0. The Bertz CT molecular complexity index is 3570. The van der Waals surface area contributed by atoms with E-state index in [9.17, 15) is 1.37 Å². The first-order valence-corrected chi connectivity index (χ1v) is 18.7. The van der Waals surface area contributed by atoms with Gasteiger partial charge < -0.3 is 8.83 Å². The smallest absolute Gasteiger partial charge is 0.167 e. The Morgan fingerprint density at radius 1 is 0.339 bits per heavy atom. The van der Waals surface area contributed by atoms with Crippen molar-refractivity contribution >= 4 is 76.2 Å². The van der Waals surface area contributed by atoms with Crippen LogP contribution in [0.2, 0.25) is 0 Å². The van der Waals surface area contributed by atoms with Crippen LogP contribution in [-0.2, 0) is 0 Å². The Hall–Kier alpha value is -7.63. The van der Waals surface area contributed by atoms with Gasteiger partial charge in [0.25, 0.3) is 0 Å².